The Hall–Kier alpha value is -1.88. The average Bonchev–Trinajstić information content (AvgIpc) is 2.70. The second-order valence-electron chi connectivity index (χ2n) is 3.41. The van der Waals surface area contributed by atoms with Gasteiger partial charge in [-0.15, -0.1) is 0 Å². The van der Waals surface area contributed by atoms with Crippen LogP contribution < -0.4 is 4.74 Å². The third-order valence-corrected chi connectivity index (χ3v) is 2.43. The summed E-state index contributed by atoms with van der Waals surface area (Å²) in [5.41, 5.74) is 1.33. The standard InChI is InChI=1S/C11H13N3O2/c1-14-10(9(16-2)7-13-14)11(15)8-4-3-5-12-6-8/h3-7,11,15H,1-2H3. The van der Waals surface area contributed by atoms with Gasteiger partial charge < -0.3 is 9.84 Å². The third-order valence-electron chi connectivity index (χ3n) is 2.43. The van der Waals surface area contributed by atoms with Gasteiger partial charge in [-0.25, -0.2) is 0 Å². The summed E-state index contributed by atoms with van der Waals surface area (Å²) in [5, 5.41) is 14.2. The van der Waals surface area contributed by atoms with E-state index in [9.17, 15) is 5.11 Å². The van der Waals surface area contributed by atoms with Crippen LogP contribution in [0.4, 0.5) is 0 Å². The Kier molecular flexibility index (Phi) is 2.87. The lowest BCUT2D eigenvalue weighted by molar-refractivity contribution is 0.204. The van der Waals surface area contributed by atoms with Gasteiger partial charge in [0.2, 0.25) is 0 Å². The number of ether oxygens (including phenoxy) is 1. The van der Waals surface area contributed by atoms with Gasteiger partial charge in [-0.1, -0.05) is 6.07 Å². The number of hydrogen-bond acceptors (Lipinski definition) is 4. The molecule has 0 bridgehead atoms. The summed E-state index contributed by atoms with van der Waals surface area (Å²) in [7, 11) is 3.31. The van der Waals surface area contributed by atoms with E-state index in [4.69, 9.17) is 4.74 Å². The van der Waals surface area contributed by atoms with Gasteiger partial charge >= 0.3 is 0 Å². The average molecular weight is 219 g/mol. The van der Waals surface area contributed by atoms with E-state index in [0.717, 1.165) is 0 Å². The summed E-state index contributed by atoms with van der Waals surface area (Å²) in [6.45, 7) is 0. The monoisotopic (exact) mass is 219 g/mol. The Balaban J connectivity index is 2.41. The van der Waals surface area contributed by atoms with Crippen LogP contribution in [-0.2, 0) is 7.05 Å². The van der Waals surface area contributed by atoms with Crippen LogP contribution in [0.5, 0.6) is 5.75 Å². The molecule has 16 heavy (non-hydrogen) atoms. The van der Waals surface area contributed by atoms with Crippen molar-refractivity contribution in [1.29, 1.82) is 0 Å². The minimum atomic E-state index is -0.781. The summed E-state index contributed by atoms with van der Waals surface area (Å²) >= 11 is 0. The van der Waals surface area contributed by atoms with Crippen LogP contribution in [0.25, 0.3) is 0 Å². The van der Waals surface area contributed by atoms with Gasteiger partial charge in [0.05, 0.1) is 13.3 Å². The highest BCUT2D eigenvalue weighted by Gasteiger charge is 2.19. The number of pyridine rings is 1. The molecular formula is C11H13N3O2. The van der Waals surface area contributed by atoms with Crippen molar-refractivity contribution in [2.24, 2.45) is 7.05 Å². The summed E-state index contributed by atoms with van der Waals surface area (Å²) in [6.07, 6.45) is 4.08. The summed E-state index contributed by atoms with van der Waals surface area (Å²) in [4.78, 5) is 3.97. The summed E-state index contributed by atoms with van der Waals surface area (Å²) in [5.74, 6) is 0.568. The van der Waals surface area contributed by atoms with Crippen molar-refractivity contribution in [1.82, 2.24) is 14.8 Å². The smallest absolute Gasteiger partial charge is 0.162 e. The molecule has 0 spiro atoms. The number of methoxy groups -OCH3 is 1. The fraction of sp³-hybridized carbons (Fsp3) is 0.273. The number of nitrogens with zero attached hydrogens (tertiary/aromatic N) is 3. The first-order valence-corrected chi connectivity index (χ1v) is 4.88. The molecule has 1 atom stereocenters. The predicted octanol–water partition coefficient (Wildman–Crippen LogP) is 0.905. The normalized spacial score (nSPS) is 12.4. The molecule has 2 rings (SSSR count). The quantitative estimate of drug-likeness (QED) is 0.833. The van der Waals surface area contributed by atoms with E-state index in [-0.39, 0.29) is 0 Å². The minimum Gasteiger partial charge on any atom is -0.493 e. The first kappa shape index (κ1) is 10.6. The maximum Gasteiger partial charge on any atom is 0.162 e. The van der Waals surface area contributed by atoms with Crippen molar-refractivity contribution in [2.75, 3.05) is 7.11 Å². The van der Waals surface area contributed by atoms with Crippen molar-refractivity contribution in [3.8, 4) is 5.75 Å². The topological polar surface area (TPSA) is 60.2 Å². The van der Waals surface area contributed by atoms with Gasteiger partial charge in [-0.2, -0.15) is 5.10 Å². The second kappa shape index (κ2) is 4.32. The molecule has 5 nitrogen and oxygen atoms in total. The van der Waals surface area contributed by atoms with Crippen LogP contribution >= 0.6 is 0 Å². The summed E-state index contributed by atoms with van der Waals surface area (Å²) < 4.78 is 6.74. The lowest BCUT2D eigenvalue weighted by Crippen LogP contribution is -2.08. The van der Waals surface area contributed by atoms with E-state index in [1.54, 1.807) is 43.5 Å². The molecule has 84 valence electrons. The first-order chi connectivity index (χ1) is 7.74. The highest BCUT2D eigenvalue weighted by atomic mass is 16.5. The molecule has 2 heterocycles. The Bertz CT molecular complexity index is 467. The highest BCUT2D eigenvalue weighted by molar-refractivity contribution is 5.33. The molecule has 0 aromatic carbocycles. The lowest BCUT2D eigenvalue weighted by Gasteiger charge is -2.12. The predicted molar refractivity (Wildman–Crippen MR) is 58.1 cm³/mol. The number of rotatable bonds is 3. The van der Waals surface area contributed by atoms with Gasteiger partial charge in [0.1, 0.15) is 11.8 Å². The molecule has 0 saturated carbocycles. The first-order valence-electron chi connectivity index (χ1n) is 4.88. The van der Waals surface area contributed by atoms with Crippen molar-refractivity contribution in [3.05, 3.63) is 42.0 Å². The summed E-state index contributed by atoms with van der Waals surface area (Å²) in [6, 6.07) is 3.59. The number of aliphatic hydroxyl groups excluding tert-OH is 1. The molecule has 0 amide bonds. The molecule has 0 aliphatic carbocycles. The SMILES string of the molecule is COc1cnn(C)c1C(O)c1cccnc1. The fourth-order valence-corrected chi connectivity index (χ4v) is 1.59. The van der Waals surface area contributed by atoms with E-state index in [1.807, 2.05) is 6.07 Å². The van der Waals surface area contributed by atoms with Crippen molar-refractivity contribution in [2.45, 2.75) is 6.10 Å². The third kappa shape index (κ3) is 1.77. The van der Waals surface area contributed by atoms with Crippen molar-refractivity contribution < 1.29 is 9.84 Å². The Morgan fingerprint density at radius 3 is 2.88 bits per heavy atom. The zero-order valence-corrected chi connectivity index (χ0v) is 9.16. The van der Waals surface area contributed by atoms with Gasteiger partial charge in [0.15, 0.2) is 5.75 Å². The Labute approximate surface area is 93.3 Å². The maximum absolute atomic E-state index is 10.2. The largest absolute Gasteiger partial charge is 0.493 e. The zero-order chi connectivity index (χ0) is 11.5. The molecule has 5 heteroatoms. The van der Waals surface area contributed by atoms with Crippen LogP contribution in [-0.4, -0.2) is 27.0 Å². The van der Waals surface area contributed by atoms with Gasteiger partial charge in [0.25, 0.3) is 0 Å². The maximum atomic E-state index is 10.2. The molecule has 0 aliphatic heterocycles. The molecular weight excluding hydrogens is 206 g/mol. The molecule has 2 aromatic heterocycles. The molecule has 0 radical (unpaired) electrons. The van der Waals surface area contributed by atoms with Crippen molar-refractivity contribution in [3.63, 3.8) is 0 Å². The van der Waals surface area contributed by atoms with Crippen LogP contribution in [0.15, 0.2) is 30.7 Å². The van der Waals surface area contributed by atoms with E-state index in [2.05, 4.69) is 10.1 Å². The molecule has 0 aliphatic rings. The van der Waals surface area contributed by atoms with E-state index in [1.165, 1.54) is 0 Å². The highest BCUT2D eigenvalue weighted by Crippen LogP contribution is 2.28. The Morgan fingerprint density at radius 2 is 2.25 bits per heavy atom. The molecule has 2 aromatic rings. The Morgan fingerprint density at radius 1 is 1.44 bits per heavy atom. The molecule has 1 unspecified atom stereocenters. The van der Waals surface area contributed by atoms with E-state index in [0.29, 0.717) is 17.0 Å². The number of aliphatic hydroxyl groups is 1. The van der Waals surface area contributed by atoms with Crippen LogP contribution in [0.2, 0.25) is 0 Å². The number of aryl methyl sites for hydroxylation is 1. The van der Waals surface area contributed by atoms with Crippen LogP contribution in [0.1, 0.15) is 17.4 Å². The van der Waals surface area contributed by atoms with E-state index >= 15 is 0 Å². The molecule has 0 fully saturated rings. The van der Waals surface area contributed by atoms with Gasteiger partial charge in [0, 0.05) is 25.0 Å². The van der Waals surface area contributed by atoms with Crippen LogP contribution in [0, 0.1) is 0 Å². The fourth-order valence-electron chi connectivity index (χ4n) is 1.59. The number of aromatic nitrogens is 3. The molecule has 0 saturated heterocycles. The van der Waals surface area contributed by atoms with Crippen LogP contribution in [0.3, 0.4) is 0 Å². The van der Waals surface area contributed by atoms with Gasteiger partial charge in [-0.05, 0) is 6.07 Å². The minimum absolute atomic E-state index is 0.568. The second-order valence-corrected chi connectivity index (χ2v) is 3.41. The van der Waals surface area contributed by atoms with Crippen molar-refractivity contribution >= 4 is 0 Å². The lowest BCUT2D eigenvalue weighted by atomic mass is 10.1. The molecule has 1 N–H and O–H groups in total. The van der Waals surface area contributed by atoms with Gasteiger partial charge in [-0.3, -0.25) is 9.67 Å². The van der Waals surface area contributed by atoms with E-state index < -0.39 is 6.10 Å². The zero-order valence-electron chi connectivity index (χ0n) is 9.16. The number of hydrogen-bond donors (Lipinski definition) is 1.